The summed E-state index contributed by atoms with van der Waals surface area (Å²) >= 11 is 1.92. The molecule has 2 aliphatic rings. The van der Waals surface area contributed by atoms with Gasteiger partial charge in [-0.05, 0) is 51.2 Å². The van der Waals surface area contributed by atoms with Crippen LogP contribution in [0.5, 0.6) is 0 Å². The van der Waals surface area contributed by atoms with Crippen molar-refractivity contribution in [2.75, 3.05) is 31.9 Å². The first-order valence-electron chi connectivity index (χ1n) is 7.89. The smallest absolute Gasteiger partial charge is 0.157 e. The quantitative estimate of drug-likeness (QED) is 0.840. The Morgan fingerprint density at radius 1 is 1.26 bits per heavy atom. The van der Waals surface area contributed by atoms with Gasteiger partial charge in [0.15, 0.2) is 5.17 Å². The van der Waals surface area contributed by atoms with Crippen molar-refractivity contribution in [1.29, 1.82) is 0 Å². The van der Waals surface area contributed by atoms with Gasteiger partial charge in [-0.3, -0.25) is 4.99 Å². The van der Waals surface area contributed by atoms with Gasteiger partial charge < -0.3 is 10.2 Å². The van der Waals surface area contributed by atoms with Gasteiger partial charge in [-0.25, -0.2) is 0 Å². The molecule has 0 radical (unpaired) electrons. The summed E-state index contributed by atoms with van der Waals surface area (Å²) < 4.78 is 0. The number of nitrogens with one attached hydrogen (secondary N) is 1. The van der Waals surface area contributed by atoms with Gasteiger partial charge in [0.05, 0.1) is 0 Å². The van der Waals surface area contributed by atoms with Crippen LogP contribution in [0, 0.1) is 5.92 Å². The summed E-state index contributed by atoms with van der Waals surface area (Å²) in [6, 6.07) is 0. The van der Waals surface area contributed by atoms with E-state index in [1.807, 2.05) is 11.8 Å². The summed E-state index contributed by atoms with van der Waals surface area (Å²) in [5.74, 6) is 1.99. The van der Waals surface area contributed by atoms with Crippen LogP contribution in [0.1, 0.15) is 46.5 Å². The molecule has 4 heteroatoms. The van der Waals surface area contributed by atoms with Crippen molar-refractivity contribution < 1.29 is 0 Å². The zero-order valence-electron chi connectivity index (χ0n) is 12.7. The van der Waals surface area contributed by atoms with E-state index in [4.69, 9.17) is 4.99 Å². The molecule has 2 fully saturated rings. The Morgan fingerprint density at radius 2 is 1.95 bits per heavy atom. The average Bonchev–Trinajstić information content (AvgIpc) is 2.90. The van der Waals surface area contributed by atoms with E-state index in [-0.39, 0.29) is 0 Å². The molecule has 0 atom stereocenters. The molecule has 0 aromatic heterocycles. The highest BCUT2D eigenvalue weighted by atomic mass is 32.2. The van der Waals surface area contributed by atoms with Gasteiger partial charge in [0, 0.05) is 17.8 Å². The van der Waals surface area contributed by atoms with E-state index >= 15 is 0 Å². The number of nitrogens with zero attached hydrogens (tertiary/aromatic N) is 2. The van der Waals surface area contributed by atoms with Crippen LogP contribution >= 0.6 is 11.8 Å². The molecule has 2 rings (SSSR count). The number of piperidine rings is 1. The summed E-state index contributed by atoms with van der Waals surface area (Å²) in [4.78, 5) is 7.39. The standard InChI is InChI=1S/C15H29N3S/c1-4-15(5-2)12-19-14(17-15)16-11-13-7-9-18(6-3)10-8-13/h13H,4-12H2,1-3H3,(H,16,17). The van der Waals surface area contributed by atoms with Crippen molar-refractivity contribution in [3.05, 3.63) is 0 Å². The SMILES string of the molecule is CCN1CCC(CN=C2NC(CC)(CC)CS2)CC1. The average molecular weight is 283 g/mol. The zero-order valence-corrected chi connectivity index (χ0v) is 13.6. The molecule has 3 nitrogen and oxygen atoms in total. The number of hydrogen-bond acceptors (Lipinski definition) is 3. The number of likely N-dealkylation sites (tertiary alicyclic amines) is 1. The lowest BCUT2D eigenvalue weighted by atomic mass is 9.96. The number of rotatable bonds is 5. The maximum Gasteiger partial charge on any atom is 0.157 e. The van der Waals surface area contributed by atoms with Crippen LogP contribution in [-0.4, -0.2) is 47.5 Å². The minimum Gasteiger partial charge on any atom is -0.359 e. The second-order valence-corrected chi connectivity index (χ2v) is 6.89. The second-order valence-electron chi connectivity index (χ2n) is 5.92. The van der Waals surface area contributed by atoms with Crippen molar-refractivity contribution in [3.8, 4) is 0 Å². The van der Waals surface area contributed by atoms with E-state index in [0.717, 1.165) is 12.5 Å². The van der Waals surface area contributed by atoms with Crippen LogP contribution in [0.25, 0.3) is 0 Å². The van der Waals surface area contributed by atoms with E-state index < -0.39 is 0 Å². The molecule has 0 bridgehead atoms. The summed E-state index contributed by atoms with van der Waals surface area (Å²) in [5, 5.41) is 4.86. The molecule has 2 heterocycles. The van der Waals surface area contributed by atoms with Crippen LogP contribution in [0.15, 0.2) is 4.99 Å². The van der Waals surface area contributed by atoms with Gasteiger partial charge in [0.2, 0.25) is 0 Å². The Balaban J connectivity index is 1.78. The van der Waals surface area contributed by atoms with Gasteiger partial charge in [0.25, 0.3) is 0 Å². The highest BCUT2D eigenvalue weighted by molar-refractivity contribution is 8.14. The third-order valence-corrected chi connectivity index (χ3v) is 6.06. The van der Waals surface area contributed by atoms with Crippen molar-refractivity contribution in [2.45, 2.75) is 52.0 Å². The van der Waals surface area contributed by atoms with Crippen LogP contribution < -0.4 is 5.32 Å². The maximum atomic E-state index is 4.84. The summed E-state index contributed by atoms with van der Waals surface area (Å²) in [6.07, 6.45) is 5.04. The minimum atomic E-state index is 0.315. The minimum absolute atomic E-state index is 0.315. The Labute approximate surface area is 122 Å². The van der Waals surface area contributed by atoms with Crippen molar-refractivity contribution in [3.63, 3.8) is 0 Å². The molecule has 0 amide bonds. The molecule has 2 aliphatic heterocycles. The topological polar surface area (TPSA) is 27.6 Å². The predicted molar refractivity (Wildman–Crippen MR) is 86.0 cm³/mol. The molecule has 0 saturated carbocycles. The number of amidine groups is 1. The highest BCUT2D eigenvalue weighted by Gasteiger charge is 2.33. The predicted octanol–water partition coefficient (Wildman–Crippen LogP) is 2.97. The molecular formula is C15H29N3S. The summed E-state index contributed by atoms with van der Waals surface area (Å²) in [5.41, 5.74) is 0.315. The summed E-state index contributed by atoms with van der Waals surface area (Å²) in [6.45, 7) is 11.6. The van der Waals surface area contributed by atoms with E-state index in [1.165, 1.54) is 56.2 Å². The van der Waals surface area contributed by atoms with Crippen LogP contribution in [0.2, 0.25) is 0 Å². The first kappa shape index (κ1) is 15.2. The zero-order chi connectivity index (χ0) is 13.7. The largest absolute Gasteiger partial charge is 0.359 e. The Bertz CT molecular complexity index is 305. The van der Waals surface area contributed by atoms with Gasteiger partial charge >= 0.3 is 0 Å². The van der Waals surface area contributed by atoms with Crippen LogP contribution in [-0.2, 0) is 0 Å². The Kier molecular flexibility index (Phi) is 5.58. The maximum absolute atomic E-state index is 4.84. The first-order valence-corrected chi connectivity index (χ1v) is 8.87. The molecule has 0 unspecified atom stereocenters. The monoisotopic (exact) mass is 283 g/mol. The molecule has 0 aromatic carbocycles. The van der Waals surface area contributed by atoms with Crippen molar-refractivity contribution in [2.24, 2.45) is 10.9 Å². The van der Waals surface area contributed by atoms with Gasteiger partial charge in [-0.2, -0.15) is 0 Å². The fourth-order valence-corrected chi connectivity index (χ4v) is 4.27. The lowest BCUT2D eigenvalue weighted by Gasteiger charge is -2.30. The van der Waals surface area contributed by atoms with E-state index in [1.54, 1.807) is 0 Å². The number of aliphatic imine (C=N–C) groups is 1. The molecule has 0 spiro atoms. The molecule has 1 N–H and O–H groups in total. The van der Waals surface area contributed by atoms with Crippen LogP contribution in [0.4, 0.5) is 0 Å². The third-order valence-electron chi connectivity index (χ3n) is 4.86. The molecule has 0 aromatic rings. The number of thioether (sulfide) groups is 1. The summed E-state index contributed by atoms with van der Waals surface area (Å²) in [7, 11) is 0. The van der Waals surface area contributed by atoms with Crippen molar-refractivity contribution >= 4 is 16.9 Å². The molecular weight excluding hydrogens is 254 g/mol. The fourth-order valence-electron chi connectivity index (χ4n) is 2.92. The third kappa shape index (κ3) is 3.88. The normalized spacial score (nSPS) is 26.8. The van der Waals surface area contributed by atoms with Crippen LogP contribution in [0.3, 0.4) is 0 Å². The lowest BCUT2D eigenvalue weighted by molar-refractivity contribution is 0.196. The Morgan fingerprint density at radius 3 is 2.47 bits per heavy atom. The van der Waals surface area contributed by atoms with E-state index in [2.05, 4.69) is 31.0 Å². The fraction of sp³-hybridized carbons (Fsp3) is 0.933. The van der Waals surface area contributed by atoms with Gasteiger partial charge in [0.1, 0.15) is 0 Å². The van der Waals surface area contributed by atoms with E-state index in [0.29, 0.717) is 5.54 Å². The van der Waals surface area contributed by atoms with Gasteiger partial charge in [-0.1, -0.05) is 32.5 Å². The highest BCUT2D eigenvalue weighted by Crippen LogP contribution is 2.29. The molecule has 0 aliphatic carbocycles. The number of hydrogen-bond donors (Lipinski definition) is 1. The Hall–Kier alpha value is -0.220. The molecule has 2 saturated heterocycles. The first-order chi connectivity index (χ1) is 9.21. The van der Waals surface area contributed by atoms with Crippen molar-refractivity contribution in [1.82, 2.24) is 10.2 Å². The van der Waals surface area contributed by atoms with E-state index in [9.17, 15) is 0 Å². The lowest BCUT2D eigenvalue weighted by Crippen LogP contribution is -2.42. The van der Waals surface area contributed by atoms with Gasteiger partial charge in [-0.15, -0.1) is 0 Å². The second kappa shape index (κ2) is 6.98. The molecule has 110 valence electrons. The molecule has 19 heavy (non-hydrogen) atoms.